The van der Waals surface area contributed by atoms with Crippen LogP contribution in [0.4, 0.5) is 5.69 Å². The molecule has 6 nitrogen and oxygen atoms in total. The second kappa shape index (κ2) is 10.9. The zero-order valence-corrected chi connectivity index (χ0v) is 20.2. The summed E-state index contributed by atoms with van der Waals surface area (Å²) < 4.78 is 5.63. The van der Waals surface area contributed by atoms with Gasteiger partial charge in [0.1, 0.15) is 5.75 Å². The molecule has 0 aliphatic carbocycles. The Labute approximate surface area is 204 Å². The maximum absolute atomic E-state index is 12.9. The minimum Gasteiger partial charge on any atom is -0.494 e. The number of rotatable bonds is 8. The number of anilines is 1. The SMILES string of the molecule is CCOc1ccc2[nH]c(=O)c(CN(Cc3cccnc3)C(=S)Nc3ccccc3CC)cc2c1. The monoisotopic (exact) mass is 472 g/mol. The Hall–Kier alpha value is -3.71. The molecule has 0 spiro atoms. The Morgan fingerprint density at radius 1 is 1.06 bits per heavy atom. The van der Waals surface area contributed by atoms with E-state index in [0.717, 1.165) is 34.3 Å². The lowest BCUT2D eigenvalue weighted by molar-refractivity contribution is 0.340. The molecule has 0 aliphatic heterocycles. The molecule has 4 aromatic rings. The quantitative estimate of drug-likeness (QED) is 0.340. The highest BCUT2D eigenvalue weighted by Crippen LogP contribution is 2.21. The van der Waals surface area contributed by atoms with E-state index in [9.17, 15) is 4.79 Å². The molecule has 0 radical (unpaired) electrons. The lowest BCUT2D eigenvalue weighted by Crippen LogP contribution is -2.35. The van der Waals surface area contributed by atoms with Gasteiger partial charge in [0.2, 0.25) is 0 Å². The maximum atomic E-state index is 12.9. The molecule has 0 unspecified atom stereocenters. The van der Waals surface area contributed by atoms with Gasteiger partial charge in [-0.05, 0) is 73.1 Å². The van der Waals surface area contributed by atoms with Crippen molar-refractivity contribution >= 4 is 33.9 Å². The van der Waals surface area contributed by atoms with Gasteiger partial charge in [0.05, 0.1) is 13.2 Å². The van der Waals surface area contributed by atoms with E-state index < -0.39 is 0 Å². The van der Waals surface area contributed by atoms with Crippen LogP contribution in [0.2, 0.25) is 0 Å². The van der Waals surface area contributed by atoms with Gasteiger partial charge in [-0.1, -0.05) is 31.2 Å². The summed E-state index contributed by atoms with van der Waals surface area (Å²) in [6.07, 6.45) is 4.45. The standard InChI is InChI=1S/C27H28N4O2S/c1-3-20-9-5-6-10-24(20)30-27(34)31(17-19-8-7-13-28-16-19)18-22-14-21-15-23(33-4-2)11-12-25(21)29-26(22)32/h5-16H,3-4,17-18H2,1-2H3,(H,29,32)(H,30,34). The molecule has 0 atom stereocenters. The number of aromatic amines is 1. The Morgan fingerprint density at radius 3 is 2.68 bits per heavy atom. The van der Waals surface area contributed by atoms with Gasteiger partial charge in [-0.3, -0.25) is 9.78 Å². The second-order valence-electron chi connectivity index (χ2n) is 7.96. The summed E-state index contributed by atoms with van der Waals surface area (Å²) in [5, 5.41) is 4.85. The van der Waals surface area contributed by atoms with Crippen LogP contribution in [0.15, 0.2) is 77.9 Å². The van der Waals surface area contributed by atoms with Crippen molar-refractivity contribution in [2.45, 2.75) is 33.4 Å². The van der Waals surface area contributed by atoms with Gasteiger partial charge in [0, 0.05) is 41.1 Å². The first-order valence-corrected chi connectivity index (χ1v) is 11.8. The van der Waals surface area contributed by atoms with E-state index >= 15 is 0 Å². The number of para-hydroxylation sites is 1. The van der Waals surface area contributed by atoms with Crippen LogP contribution >= 0.6 is 12.2 Å². The number of hydrogen-bond donors (Lipinski definition) is 2. The van der Waals surface area contributed by atoms with E-state index in [0.29, 0.717) is 30.4 Å². The molecule has 174 valence electrons. The van der Waals surface area contributed by atoms with Crippen molar-refractivity contribution in [2.75, 3.05) is 11.9 Å². The number of aromatic nitrogens is 2. The van der Waals surface area contributed by atoms with Crippen LogP contribution in [0, 0.1) is 0 Å². The molecule has 0 bridgehead atoms. The summed E-state index contributed by atoms with van der Waals surface area (Å²) in [4.78, 5) is 22.1. The van der Waals surface area contributed by atoms with Crippen LogP contribution in [-0.2, 0) is 19.5 Å². The smallest absolute Gasteiger partial charge is 0.253 e. The number of nitrogens with zero attached hydrogens (tertiary/aromatic N) is 2. The van der Waals surface area contributed by atoms with Gasteiger partial charge < -0.3 is 19.9 Å². The van der Waals surface area contributed by atoms with Gasteiger partial charge in [-0.15, -0.1) is 0 Å². The lowest BCUT2D eigenvalue weighted by atomic mass is 10.1. The molecular formula is C27H28N4O2S. The van der Waals surface area contributed by atoms with Crippen LogP contribution in [0.3, 0.4) is 0 Å². The van der Waals surface area contributed by atoms with Crippen molar-refractivity contribution in [3.63, 3.8) is 0 Å². The third-order valence-electron chi connectivity index (χ3n) is 5.59. The predicted octanol–water partition coefficient (Wildman–Crippen LogP) is 5.28. The molecule has 2 aromatic heterocycles. The van der Waals surface area contributed by atoms with Gasteiger partial charge >= 0.3 is 0 Å². The van der Waals surface area contributed by atoms with E-state index in [4.69, 9.17) is 17.0 Å². The fourth-order valence-electron chi connectivity index (χ4n) is 3.87. The summed E-state index contributed by atoms with van der Waals surface area (Å²) in [6.45, 7) is 5.51. The number of pyridine rings is 2. The average Bonchev–Trinajstić information content (AvgIpc) is 2.85. The number of aryl methyl sites for hydroxylation is 1. The van der Waals surface area contributed by atoms with Crippen LogP contribution in [0.5, 0.6) is 5.75 Å². The molecule has 2 aromatic carbocycles. The van der Waals surface area contributed by atoms with Crippen molar-refractivity contribution < 1.29 is 4.74 Å². The molecule has 0 saturated carbocycles. The van der Waals surface area contributed by atoms with Crippen LogP contribution in [0.1, 0.15) is 30.5 Å². The zero-order valence-electron chi connectivity index (χ0n) is 19.4. The number of benzene rings is 2. The van der Waals surface area contributed by atoms with E-state index in [1.54, 1.807) is 6.20 Å². The van der Waals surface area contributed by atoms with Gasteiger partial charge in [-0.25, -0.2) is 0 Å². The average molecular weight is 473 g/mol. The van der Waals surface area contributed by atoms with Gasteiger partial charge in [0.25, 0.3) is 5.56 Å². The Bertz CT molecular complexity index is 1340. The fourth-order valence-corrected chi connectivity index (χ4v) is 4.10. The Morgan fingerprint density at radius 2 is 1.91 bits per heavy atom. The second-order valence-corrected chi connectivity index (χ2v) is 8.35. The Balaban J connectivity index is 1.66. The predicted molar refractivity (Wildman–Crippen MR) is 141 cm³/mol. The van der Waals surface area contributed by atoms with Crippen molar-refractivity contribution in [1.29, 1.82) is 0 Å². The highest BCUT2D eigenvalue weighted by Gasteiger charge is 2.16. The number of thiocarbonyl (C=S) groups is 1. The van der Waals surface area contributed by atoms with Crippen molar-refractivity contribution in [3.8, 4) is 5.75 Å². The van der Waals surface area contributed by atoms with E-state index in [-0.39, 0.29) is 5.56 Å². The molecule has 0 fully saturated rings. The molecule has 2 N–H and O–H groups in total. The number of fused-ring (bicyclic) bond motifs is 1. The first kappa shape index (κ1) is 23.4. The molecule has 0 saturated heterocycles. The molecule has 0 amide bonds. The number of nitrogens with one attached hydrogen (secondary N) is 2. The Kier molecular flexibility index (Phi) is 7.54. The number of H-pyrrole nitrogens is 1. The highest BCUT2D eigenvalue weighted by molar-refractivity contribution is 7.80. The summed E-state index contributed by atoms with van der Waals surface area (Å²) in [7, 11) is 0. The maximum Gasteiger partial charge on any atom is 0.253 e. The minimum atomic E-state index is -0.135. The first-order chi connectivity index (χ1) is 16.6. The minimum absolute atomic E-state index is 0.135. The summed E-state index contributed by atoms with van der Waals surface area (Å²) in [6, 6.07) is 19.6. The van der Waals surface area contributed by atoms with E-state index in [1.807, 2.05) is 72.6 Å². The largest absolute Gasteiger partial charge is 0.494 e. The van der Waals surface area contributed by atoms with Crippen LogP contribution < -0.4 is 15.6 Å². The molecular weight excluding hydrogens is 444 g/mol. The molecule has 2 heterocycles. The topological polar surface area (TPSA) is 70.2 Å². The number of hydrogen-bond acceptors (Lipinski definition) is 4. The molecule has 0 aliphatic rings. The van der Waals surface area contributed by atoms with Crippen molar-refractivity contribution in [1.82, 2.24) is 14.9 Å². The highest BCUT2D eigenvalue weighted by atomic mass is 32.1. The lowest BCUT2D eigenvalue weighted by Gasteiger charge is -2.26. The van der Waals surface area contributed by atoms with Crippen LogP contribution in [0.25, 0.3) is 10.9 Å². The van der Waals surface area contributed by atoms with Crippen molar-refractivity contribution in [2.24, 2.45) is 0 Å². The van der Waals surface area contributed by atoms with Gasteiger partial charge in [0.15, 0.2) is 5.11 Å². The van der Waals surface area contributed by atoms with Crippen LogP contribution in [-0.4, -0.2) is 26.6 Å². The zero-order chi connectivity index (χ0) is 23.9. The molecule has 4 rings (SSSR count). The summed E-state index contributed by atoms with van der Waals surface area (Å²) >= 11 is 5.82. The normalized spacial score (nSPS) is 10.8. The molecule has 34 heavy (non-hydrogen) atoms. The van der Waals surface area contributed by atoms with E-state index in [2.05, 4.69) is 28.3 Å². The summed E-state index contributed by atoms with van der Waals surface area (Å²) in [5.74, 6) is 0.772. The molecule has 7 heteroatoms. The summed E-state index contributed by atoms with van der Waals surface area (Å²) in [5.41, 5.74) is 4.42. The fraction of sp³-hybridized carbons (Fsp3) is 0.222. The van der Waals surface area contributed by atoms with Crippen molar-refractivity contribution in [3.05, 3.63) is 100 Å². The number of ether oxygens (including phenoxy) is 1. The van der Waals surface area contributed by atoms with Gasteiger partial charge in [-0.2, -0.15) is 0 Å². The third-order valence-corrected chi connectivity index (χ3v) is 5.95. The first-order valence-electron chi connectivity index (χ1n) is 11.4. The van der Waals surface area contributed by atoms with E-state index in [1.165, 1.54) is 5.56 Å². The third kappa shape index (κ3) is 5.61.